The number of hydrogen-bond donors (Lipinski definition) is 2. The second-order valence-corrected chi connectivity index (χ2v) is 7.32. The summed E-state index contributed by atoms with van der Waals surface area (Å²) in [6, 6.07) is 6.74. The fourth-order valence-corrected chi connectivity index (χ4v) is 2.64. The van der Waals surface area contributed by atoms with Crippen LogP contribution in [-0.4, -0.2) is 42.2 Å². The van der Waals surface area contributed by atoms with Crippen molar-refractivity contribution in [3.63, 3.8) is 0 Å². The van der Waals surface area contributed by atoms with Crippen LogP contribution in [0.25, 0.3) is 0 Å². The number of rotatable bonds is 7. The van der Waals surface area contributed by atoms with Gasteiger partial charge >= 0.3 is 6.03 Å². The summed E-state index contributed by atoms with van der Waals surface area (Å²) >= 11 is 0. The molecular formula is C20H26N4O4. The van der Waals surface area contributed by atoms with Gasteiger partial charge in [0.2, 0.25) is 0 Å². The van der Waals surface area contributed by atoms with Crippen molar-refractivity contribution in [2.24, 2.45) is 0 Å². The van der Waals surface area contributed by atoms with Crippen molar-refractivity contribution in [3.05, 3.63) is 41.3 Å². The van der Waals surface area contributed by atoms with Crippen LogP contribution in [0.5, 0.6) is 5.75 Å². The number of hydrogen-bond acceptors (Lipinski definition) is 5. The summed E-state index contributed by atoms with van der Waals surface area (Å²) in [5.74, 6) is 1.33. The van der Waals surface area contributed by atoms with Crippen LogP contribution in [0.4, 0.5) is 10.5 Å². The maximum atomic E-state index is 12.6. The van der Waals surface area contributed by atoms with Gasteiger partial charge in [-0.05, 0) is 31.0 Å². The second kappa shape index (κ2) is 8.33. The minimum atomic E-state index is -0.341. The number of amides is 3. The van der Waals surface area contributed by atoms with E-state index < -0.39 is 0 Å². The predicted octanol–water partition coefficient (Wildman–Crippen LogP) is 3.36. The molecule has 3 amide bonds. The van der Waals surface area contributed by atoms with Gasteiger partial charge < -0.3 is 24.8 Å². The minimum absolute atomic E-state index is 0.155. The first-order chi connectivity index (χ1) is 13.4. The number of urea groups is 1. The van der Waals surface area contributed by atoms with Gasteiger partial charge in [-0.2, -0.15) is 0 Å². The van der Waals surface area contributed by atoms with Crippen LogP contribution in [0.1, 0.15) is 54.4 Å². The molecule has 0 bridgehead atoms. The molecule has 2 N–H and O–H groups in total. The molecule has 0 spiro atoms. The van der Waals surface area contributed by atoms with Crippen molar-refractivity contribution in [3.8, 4) is 5.75 Å². The molecule has 28 heavy (non-hydrogen) atoms. The molecule has 0 unspecified atom stereocenters. The Morgan fingerprint density at radius 2 is 2.07 bits per heavy atom. The molecule has 1 heterocycles. The maximum Gasteiger partial charge on any atom is 0.322 e. The molecule has 0 radical (unpaired) electrons. The third-order valence-electron chi connectivity index (χ3n) is 4.51. The third-order valence-corrected chi connectivity index (χ3v) is 4.51. The van der Waals surface area contributed by atoms with Crippen molar-refractivity contribution in [1.29, 1.82) is 0 Å². The average Bonchev–Trinajstić information content (AvgIpc) is 3.35. The molecule has 1 aliphatic carbocycles. The molecule has 0 aliphatic heterocycles. The highest BCUT2D eigenvalue weighted by atomic mass is 16.5. The van der Waals surface area contributed by atoms with Crippen LogP contribution < -0.4 is 15.4 Å². The van der Waals surface area contributed by atoms with E-state index in [9.17, 15) is 9.59 Å². The van der Waals surface area contributed by atoms with Gasteiger partial charge in [0.15, 0.2) is 0 Å². The lowest BCUT2D eigenvalue weighted by molar-refractivity contribution is 0.0951. The lowest BCUT2D eigenvalue weighted by Crippen LogP contribution is -2.31. The molecule has 0 atom stereocenters. The lowest BCUT2D eigenvalue weighted by Gasteiger charge is -2.18. The molecule has 0 saturated heterocycles. The number of nitrogens with zero attached hydrogens (tertiary/aromatic N) is 2. The molecule has 150 valence electrons. The molecule has 1 fully saturated rings. The molecular weight excluding hydrogens is 360 g/mol. The Kier molecular flexibility index (Phi) is 5.87. The zero-order valence-electron chi connectivity index (χ0n) is 16.6. The lowest BCUT2D eigenvalue weighted by atomic mass is 10.1. The average molecular weight is 386 g/mol. The van der Waals surface area contributed by atoms with Gasteiger partial charge in [-0.25, -0.2) is 4.79 Å². The third kappa shape index (κ3) is 4.82. The number of aromatic nitrogens is 1. The van der Waals surface area contributed by atoms with Crippen LogP contribution in [-0.2, 0) is 6.54 Å². The van der Waals surface area contributed by atoms with E-state index >= 15 is 0 Å². The smallest absolute Gasteiger partial charge is 0.322 e. The van der Waals surface area contributed by atoms with Gasteiger partial charge in [0.1, 0.15) is 17.2 Å². The minimum Gasteiger partial charge on any atom is -0.495 e. The summed E-state index contributed by atoms with van der Waals surface area (Å²) in [7, 11) is 3.18. The normalized spacial score (nSPS) is 13.3. The number of ether oxygens (including phenoxy) is 1. The fourth-order valence-electron chi connectivity index (χ4n) is 2.64. The summed E-state index contributed by atoms with van der Waals surface area (Å²) in [4.78, 5) is 26.4. The van der Waals surface area contributed by atoms with Crippen molar-refractivity contribution < 1.29 is 18.8 Å². The molecule has 1 saturated carbocycles. The Bertz CT molecular complexity index is 858. The van der Waals surface area contributed by atoms with E-state index in [0.717, 1.165) is 18.6 Å². The zero-order chi connectivity index (χ0) is 20.3. The Labute approximate surface area is 164 Å². The van der Waals surface area contributed by atoms with Gasteiger partial charge in [-0.15, -0.1) is 0 Å². The number of anilines is 1. The maximum absolute atomic E-state index is 12.6. The summed E-state index contributed by atoms with van der Waals surface area (Å²) in [6.45, 7) is 4.32. The number of benzene rings is 1. The van der Waals surface area contributed by atoms with Gasteiger partial charge in [0, 0.05) is 30.6 Å². The van der Waals surface area contributed by atoms with Crippen LogP contribution in [0.15, 0.2) is 28.8 Å². The van der Waals surface area contributed by atoms with E-state index in [1.165, 1.54) is 12.0 Å². The van der Waals surface area contributed by atoms with Gasteiger partial charge in [0.05, 0.1) is 19.3 Å². The predicted molar refractivity (Wildman–Crippen MR) is 105 cm³/mol. The standard InChI is InChI=1S/C20H26N4O4/c1-12(2)18-10-15(23-28-18)11-24(3)20(26)22-16-9-13(5-8-17(16)27-4)19(25)21-14-6-7-14/h5,8-10,12,14H,6-7,11H2,1-4H3,(H,21,25)(H,22,26). The number of methoxy groups -OCH3 is 1. The van der Waals surface area contributed by atoms with E-state index in [-0.39, 0.29) is 23.9 Å². The zero-order valence-corrected chi connectivity index (χ0v) is 16.6. The number of carbonyl (C=O) groups is 2. The van der Waals surface area contributed by atoms with Crippen molar-refractivity contribution in [1.82, 2.24) is 15.4 Å². The quantitative estimate of drug-likeness (QED) is 0.760. The van der Waals surface area contributed by atoms with Crippen LogP contribution in [0.3, 0.4) is 0 Å². The summed E-state index contributed by atoms with van der Waals surface area (Å²) in [5, 5.41) is 9.73. The Hall–Kier alpha value is -3.03. The summed E-state index contributed by atoms with van der Waals surface area (Å²) in [6.07, 6.45) is 2.02. The monoisotopic (exact) mass is 386 g/mol. The van der Waals surface area contributed by atoms with Crippen LogP contribution in [0.2, 0.25) is 0 Å². The molecule has 1 aromatic carbocycles. The van der Waals surface area contributed by atoms with E-state index in [2.05, 4.69) is 15.8 Å². The number of carbonyl (C=O) groups excluding carboxylic acids is 2. The van der Waals surface area contributed by atoms with Crippen LogP contribution in [0, 0.1) is 0 Å². The Balaban J connectivity index is 1.67. The molecule has 1 aromatic heterocycles. The van der Waals surface area contributed by atoms with Crippen molar-refractivity contribution in [2.75, 3.05) is 19.5 Å². The first kappa shape index (κ1) is 19.7. The summed E-state index contributed by atoms with van der Waals surface area (Å²) in [5.41, 5.74) is 1.58. The highest BCUT2D eigenvalue weighted by Crippen LogP contribution is 2.27. The SMILES string of the molecule is COc1ccc(C(=O)NC2CC2)cc1NC(=O)N(C)Cc1cc(C(C)C)on1. The first-order valence-corrected chi connectivity index (χ1v) is 9.34. The molecule has 1 aliphatic rings. The van der Waals surface area contributed by atoms with E-state index in [0.29, 0.717) is 29.2 Å². The Morgan fingerprint density at radius 1 is 1.32 bits per heavy atom. The van der Waals surface area contributed by atoms with Gasteiger partial charge in [-0.3, -0.25) is 4.79 Å². The van der Waals surface area contributed by atoms with E-state index in [1.807, 2.05) is 19.9 Å². The summed E-state index contributed by atoms with van der Waals surface area (Å²) < 4.78 is 10.6. The van der Waals surface area contributed by atoms with Gasteiger partial charge in [0.25, 0.3) is 5.91 Å². The van der Waals surface area contributed by atoms with Crippen molar-refractivity contribution in [2.45, 2.75) is 45.2 Å². The molecule has 3 rings (SSSR count). The first-order valence-electron chi connectivity index (χ1n) is 9.34. The van der Waals surface area contributed by atoms with Crippen LogP contribution >= 0.6 is 0 Å². The molecule has 2 aromatic rings. The highest BCUT2D eigenvalue weighted by molar-refractivity contribution is 5.98. The van der Waals surface area contributed by atoms with Gasteiger partial charge in [-0.1, -0.05) is 19.0 Å². The van der Waals surface area contributed by atoms with Crippen molar-refractivity contribution >= 4 is 17.6 Å². The topological polar surface area (TPSA) is 96.7 Å². The van der Waals surface area contributed by atoms with E-state index in [1.54, 1.807) is 25.2 Å². The fraction of sp³-hybridized carbons (Fsp3) is 0.450. The second-order valence-electron chi connectivity index (χ2n) is 7.32. The largest absolute Gasteiger partial charge is 0.495 e. The Morgan fingerprint density at radius 3 is 2.68 bits per heavy atom. The van der Waals surface area contributed by atoms with E-state index in [4.69, 9.17) is 9.26 Å². The number of nitrogens with one attached hydrogen (secondary N) is 2. The highest BCUT2D eigenvalue weighted by Gasteiger charge is 2.24. The molecule has 8 heteroatoms. The molecule has 8 nitrogen and oxygen atoms in total.